The fourth-order valence-corrected chi connectivity index (χ4v) is 3.36. The zero-order valence-corrected chi connectivity index (χ0v) is 15.8. The number of benzene rings is 3. The Hall–Kier alpha value is -3.18. The molecular weight excluding hydrogens is 352 g/mol. The smallest absolute Gasteiger partial charge is 0.175 e. The molecule has 5 heteroatoms. The summed E-state index contributed by atoms with van der Waals surface area (Å²) in [5.41, 5.74) is 4.32. The van der Waals surface area contributed by atoms with E-state index in [4.69, 9.17) is 12.2 Å². The fourth-order valence-electron chi connectivity index (χ4n) is 3.13. The predicted molar refractivity (Wildman–Crippen MR) is 116 cm³/mol. The van der Waals surface area contributed by atoms with Gasteiger partial charge in [-0.1, -0.05) is 66.2 Å². The molecule has 4 nitrogen and oxygen atoms in total. The van der Waals surface area contributed by atoms with Crippen LogP contribution >= 0.6 is 12.2 Å². The van der Waals surface area contributed by atoms with E-state index in [9.17, 15) is 0 Å². The minimum absolute atomic E-state index is 0.543. The maximum atomic E-state index is 5.48. The van der Waals surface area contributed by atoms with E-state index in [-0.39, 0.29) is 0 Å². The largest absolute Gasteiger partial charge is 0.332 e. The molecule has 0 amide bonds. The van der Waals surface area contributed by atoms with Crippen molar-refractivity contribution in [3.8, 4) is 0 Å². The molecule has 1 aromatic heterocycles. The number of thiocarbonyl (C=S) groups is 1. The monoisotopic (exact) mass is 372 g/mol. The first-order valence-electron chi connectivity index (χ1n) is 8.81. The summed E-state index contributed by atoms with van der Waals surface area (Å²) >= 11 is 5.48. The van der Waals surface area contributed by atoms with Gasteiger partial charge in [-0.2, -0.15) is 5.10 Å². The first kappa shape index (κ1) is 17.2. The second-order valence-electron chi connectivity index (χ2n) is 6.52. The van der Waals surface area contributed by atoms with Gasteiger partial charge in [0.1, 0.15) is 0 Å². The van der Waals surface area contributed by atoms with Crippen molar-refractivity contribution >= 4 is 39.5 Å². The topological polar surface area (TPSA) is 41.9 Å². The summed E-state index contributed by atoms with van der Waals surface area (Å²) in [6, 6.07) is 22.8. The summed E-state index contributed by atoms with van der Waals surface area (Å²) in [6.45, 7) is 2.82. The molecule has 0 atom stereocenters. The number of anilines is 2. The third kappa shape index (κ3) is 4.15. The number of rotatable bonds is 4. The van der Waals surface area contributed by atoms with E-state index >= 15 is 0 Å². The summed E-state index contributed by atoms with van der Waals surface area (Å²) in [4.78, 5) is 0. The van der Waals surface area contributed by atoms with Crippen molar-refractivity contribution in [1.82, 2.24) is 9.78 Å². The molecular formula is C22H20N4S. The lowest BCUT2D eigenvalue weighted by Crippen LogP contribution is -2.18. The molecule has 0 aliphatic heterocycles. The van der Waals surface area contributed by atoms with Crippen LogP contribution in [0.15, 0.2) is 79.1 Å². The van der Waals surface area contributed by atoms with E-state index in [1.54, 1.807) is 6.20 Å². The highest BCUT2D eigenvalue weighted by Gasteiger charge is 2.05. The molecule has 134 valence electrons. The molecule has 2 N–H and O–H groups in total. The molecule has 3 aromatic carbocycles. The number of hydrogen-bond acceptors (Lipinski definition) is 2. The van der Waals surface area contributed by atoms with Crippen LogP contribution in [0.5, 0.6) is 0 Å². The molecule has 4 aromatic rings. The molecule has 0 unspecified atom stereocenters. The minimum Gasteiger partial charge on any atom is -0.332 e. The number of hydrogen-bond donors (Lipinski definition) is 2. The zero-order chi connectivity index (χ0) is 18.6. The summed E-state index contributed by atoms with van der Waals surface area (Å²) in [5.74, 6) is 0. The van der Waals surface area contributed by atoms with Gasteiger partial charge >= 0.3 is 0 Å². The van der Waals surface area contributed by atoms with Crippen LogP contribution in [0.4, 0.5) is 11.4 Å². The lowest BCUT2D eigenvalue weighted by atomic mass is 10.1. The third-order valence-corrected chi connectivity index (χ3v) is 4.56. The molecule has 0 saturated heterocycles. The Morgan fingerprint density at radius 1 is 1.00 bits per heavy atom. The van der Waals surface area contributed by atoms with Crippen molar-refractivity contribution in [1.29, 1.82) is 0 Å². The summed E-state index contributed by atoms with van der Waals surface area (Å²) in [7, 11) is 0. The molecule has 0 fully saturated rings. The van der Waals surface area contributed by atoms with Gasteiger partial charge in [0.15, 0.2) is 5.11 Å². The number of fused-ring (bicyclic) bond motifs is 1. The normalized spacial score (nSPS) is 10.7. The Kier molecular flexibility index (Phi) is 4.85. The maximum absolute atomic E-state index is 5.48. The van der Waals surface area contributed by atoms with E-state index in [1.165, 1.54) is 16.5 Å². The van der Waals surface area contributed by atoms with Crippen LogP contribution in [-0.2, 0) is 6.54 Å². The SMILES string of the molecule is Cc1cccc(Cn2cc(NC(=S)Nc3cccc4ccccc34)cn2)c1. The molecule has 1 heterocycles. The Bertz CT molecular complexity index is 1090. The van der Waals surface area contributed by atoms with Crippen molar-refractivity contribution < 1.29 is 0 Å². The van der Waals surface area contributed by atoms with Crippen LogP contribution in [0, 0.1) is 6.92 Å². The quantitative estimate of drug-likeness (QED) is 0.483. The number of aromatic nitrogens is 2. The Balaban J connectivity index is 1.43. The van der Waals surface area contributed by atoms with Crippen LogP contribution in [0.25, 0.3) is 10.8 Å². The molecule has 0 bridgehead atoms. The van der Waals surface area contributed by atoms with Gasteiger partial charge in [0.2, 0.25) is 0 Å². The second kappa shape index (κ2) is 7.60. The van der Waals surface area contributed by atoms with Gasteiger partial charge in [-0.3, -0.25) is 4.68 Å². The summed E-state index contributed by atoms with van der Waals surface area (Å²) < 4.78 is 1.90. The Labute approximate surface area is 163 Å². The van der Waals surface area contributed by atoms with E-state index in [2.05, 4.69) is 65.1 Å². The van der Waals surface area contributed by atoms with E-state index in [0.29, 0.717) is 5.11 Å². The molecule has 0 radical (unpaired) electrons. The van der Waals surface area contributed by atoms with Crippen molar-refractivity contribution in [2.75, 3.05) is 10.6 Å². The summed E-state index contributed by atoms with van der Waals surface area (Å²) in [6.07, 6.45) is 3.74. The minimum atomic E-state index is 0.543. The highest BCUT2D eigenvalue weighted by Crippen LogP contribution is 2.23. The van der Waals surface area contributed by atoms with Crippen molar-refractivity contribution in [3.05, 3.63) is 90.3 Å². The van der Waals surface area contributed by atoms with Crippen LogP contribution < -0.4 is 10.6 Å². The van der Waals surface area contributed by atoms with Crippen molar-refractivity contribution in [2.24, 2.45) is 0 Å². The van der Waals surface area contributed by atoms with Gasteiger partial charge in [-0.15, -0.1) is 0 Å². The first-order chi connectivity index (χ1) is 13.2. The van der Waals surface area contributed by atoms with Gasteiger partial charge in [-0.05, 0) is 36.2 Å². The Morgan fingerprint density at radius 2 is 1.81 bits per heavy atom. The number of nitrogens with zero attached hydrogens (tertiary/aromatic N) is 2. The van der Waals surface area contributed by atoms with Crippen LogP contribution in [0.2, 0.25) is 0 Å². The number of aryl methyl sites for hydroxylation is 1. The van der Waals surface area contributed by atoms with Gasteiger partial charge in [-0.25, -0.2) is 0 Å². The van der Waals surface area contributed by atoms with Crippen LogP contribution in [0.1, 0.15) is 11.1 Å². The van der Waals surface area contributed by atoms with Crippen molar-refractivity contribution in [2.45, 2.75) is 13.5 Å². The fraction of sp³-hybridized carbons (Fsp3) is 0.0909. The van der Waals surface area contributed by atoms with E-state index < -0.39 is 0 Å². The van der Waals surface area contributed by atoms with Crippen LogP contribution in [-0.4, -0.2) is 14.9 Å². The molecule has 0 saturated carbocycles. The van der Waals surface area contributed by atoms with Crippen LogP contribution in [0.3, 0.4) is 0 Å². The lowest BCUT2D eigenvalue weighted by Gasteiger charge is -2.11. The second-order valence-corrected chi connectivity index (χ2v) is 6.93. The third-order valence-electron chi connectivity index (χ3n) is 4.36. The van der Waals surface area contributed by atoms with Gasteiger partial charge in [0, 0.05) is 17.3 Å². The number of nitrogens with one attached hydrogen (secondary N) is 2. The molecule has 0 spiro atoms. The van der Waals surface area contributed by atoms with E-state index in [1.807, 2.05) is 35.1 Å². The Morgan fingerprint density at radius 3 is 2.70 bits per heavy atom. The zero-order valence-electron chi connectivity index (χ0n) is 15.0. The summed E-state index contributed by atoms with van der Waals surface area (Å²) in [5, 5.41) is 13.8. The van der Waals surface area contributed by atoms with Gasteiger partial charge in [0.25, 0.3) is 0 Å². The molecule has 0 aliphatic rings. The average molecular weight is 372 g/mol. The maximum Gasteiger partial charge on any atom is 0.175 e. The van der Waals surface area contributed by atoms with Gasteiger partial charge in [0.05, 0.1) is 18.4 Å². The van der Waals surface area contributed by atoms with E-state index in [0.717, 1.165) is 23.3 Å². The van der Waals surface area contributed by atoms with Crippen molar-refractivity contribution in [3.63, 3.8) is 0 Å². The molecule has 4 rings (SSSR count). The van der Waals surface area contributed by atoms with Gasteiger partial charge < -0.3 is 10.6 Å². The predicted octanol–water partition coefficient (Wildman–Crippen LogP) is 5.20. The molecule has 0 aliphatic carbocycles. The molecule has 27 heavy (non-hydrogen) atoms. The first-order valence-corrected chi connectivity index (χ1v) is 9.22. The highest BCUT2D eigenvalue weighted by molar-refractivity contribution is 7.80. The standard InChI is InChI=1S/C22H20N4S/c1-16-6-4-7-17(12-16)14-26-15-19(13-23-26)24-22(27)25-21-11-5-9-18-8-2-3-10-20(18)21/h2-13,15H,14H2,1H3,(H2,24,25,27). The highest BCUT2D eigenvalue weighted by atomic mass is 32.1. The average Bonchev–Trinajstić information content (AvgIpc) is 3.08. The lowest BCUT2D eigenvalue weighted by molar-refractivity contribution is 0.686.